The maximum Gasteiger partial charge on any atom is 0.119 e. The Balaban J connectivity index is 2.47. The van der Waals surface area contributed by atoms with Crippen LogP contribution in [0.3, 0.4) is 0 Å². The van der Waals surface area contributed by atoms with Crippen molar-refractivity contribution < 1.29 is 4.74 Å². The summed E-state index contributed by atoms with van der Waals surface area (Å²) in [6, 6.07) is 8.12. The zero-order valence-electron chi connectivity index (χ0n) is 11.4. The molecule has 0 spiro atoms. The van der Waals surface area contributed by atoms with Crippen LogP contribution in [0.5, 0.6) is 5.75 Å². The molecule has 0 amide bonds. The van der Waals surface area contributed by atoms with Gasteiger partial charge in [-0.2, -0.15) is 0 Å². The lowest BCUT2D eigenvalue weighted by Gasteiger charge is -2.35. The van der Waals surface area contributed by atoms with Crippen molar-refractivity contribution in [3.8, 4) is 5.75 Å². The molecule has 1 aromatic carbocycles. The normalized spacial score (nSPS) is 14.7. The number of nitrogens with zero attached hydrogens (tertiary/aromatic N) is 1. The molecular weight excluding hydrogens is 212 g/mol. The van der Waals surface area contributed by atoms with E-state index in [0.29, 0.717) is 13.2 Å². The van der Waals surface area contributed by atoms with Gasteiger partial charge in [-0.1, -0.05) is 12.1 Å². The number of rotatable bonds is 6. The summed E-state index contributed by atoms with van der Waals surface area (Å²) >= 11 is 0. The maximum atomic E-state index is 5.81. The Labute approximate surface area is 105 Å². The van der Waals surface area contributed by atoms with Gasteiger partial charge in [0.2, 0.25) is 0 Å². The Kier molecular flexibility index (Phi) is 4.97. The highest BCUT2D eigenvalue weighted by Crippen LogP contribution is 2.17. The highest BCUT2D eigenvalue weighted by Gasteiger charge is 2.24. The van der Waals surface area contributed by atoms with Crippen molar-refractivity contribution >= 4 is 0 Å². The van der Waals surface area contributed by atoms with E-state index in [1.54, 1.807) is 0 Å². The van der Waals surface area contributed by atoms with Gasteiger partial charge in [0.15, 0.2) is 0 Å². The van der Waals surface area contributed by atoms with Crippen molar-refractivity contribution in [1.29, 1.82) is 0 Å². The van der Waals surface area contributed by atoms with E-state index in [2.05, 4.69) is 45.0 Å². The summed E-state index contributed by atoms with van der Waals surface area (Å²) < 4.78 is 5.75. The fraction of sp³-hybridized carbons (Fsp3) is 0.571. The highest BCUT2D eigenvalue weighted by atomic mass is 16.5. The van der Waals surface area contributed by atoms with E-state index in [0.717, 1.165) is 12.2 Å². The molecule has 1 atom stereocenters. The molecule has 0 aliphatic carbocycles. The average molecular weight is 236 g/mol. The van der Waals surface area contributed by atoms with Gasteiger partial charge in [0.05, 0.1) is 6.61 Å². The summed E-state index contributed by atoms with van der Waals surface area (Å²) in [6.45, 7) is 5.55. The molecule has 0 saturated heterocycles. The molecule has 0 bridgehead atoms. The van der Waals surface area contributed by atoms with Crippen LogP contribution in [0.2, 0.25) is 0 Å². The lowest BCUT2D eigenvalue weighted by Crippen LogP contribution is -2.48. The third-order valence-electron chi connectivity index (χ3n) is 3.42. The molecule has 17 heavy (non-hydrogen) atoms. The van der Waals surface area contributed by atoms with E-state index in [-0.39, 0.29) is 5.54 Å². The van der Waals surface area contributed by atoms with Crippen LogP contribution in [0.4, 0.5) is 0 Å². The summed E-state index contributed by atoms with van der Waals surface area (Å²) in [7, 11) is 4.11. The smallest absolute Gasteiger partial charge is 0.119 e. The van der Waals surface area contributed by atoms with E-state index >= 15 is 0 Å². The number of aryl methyl sites for hydroxylation is 1. The monoisotopic (exact) mass is 236 g/mol. The first-order chi connectivity index (χ1) is 7.98. The minimum atomic E-state index is 0.00379. The summed E-state index contributed by atoms with van der Waals surface area (Å²) in [5.74, 6) is 0.933. The van der Waals surface area contributed by atoms with Crippen LogP contribution >= 0.6 is 0 Å². The van der Waals surface area contributed by atoms with Crippen molar-refractivity contribution in [3.05, 3.63) is 29.8 Å². The molecule has 0 heterocycles. The number of hydrogen-bond acceptors (Lipinski definition) is 3. The molecule has 0 aromatic heterocycles. The van der Waals surface area contributed by atoms with E-state index in [1.165, 1.54) is 5.56 Å². The van der Waals surface area contributed by atoms with Crippen LogP contribution < -0.4 is 10.5 Å². The van der Waals surface area contributed by atoms with Crippen LogP contribution in [-0.4, -0.2) is 37.7 Å². The fourth-order valence-electron chi connectivity index (χ4n) is 1.60. The highest BCUT2D eigenvalue weighted by molar-refractivity contribution is 5.27. The van der Waals surface area contributed by atoms with Crippen molar-refractivity contribution in [3.63, 3.8) is 0 Å². The second-order valence-corrected chi connectivity index (χ2v) is 5.01. The Bertz CT molecular complexity index is 352. The summed E-state index contributed by atoms with van der Waals surface area (Å²) in [5.41, 5.74) is 7.04. The first-order valence-electron chi connectivity index (χ1n) is 6.05. The molecule has 1 rings (SSSR count). The zero-order chi connectivity index (χ0) is 12.9. The molecule has 0 aliphatic heterocycles. The summed E-state index contributed by atoms with van der Waals surface area (Å²) in [5, 5.41) is 0. The molecule has 2 N–H and O–H groups in total. The third-order valence-corrected chi connectivity index (χ3v) is 3.42. The minimum absolute atomic E-state index is 0.00379. The Morgan fingerprint density at radius 1 is 1.35 bits per heavy atom. The van der Waals surface area contributed by atoms with Crippen molar-refractivity contribution in [2.75, 3.05) is 27.2 Å². The molecule has 1 unspecified atom stereocenters. The first-order valence-corrected chi connectivity index (χ1v) is 6.05. The fourth-order valence-corrected chi connectivity index (χ4v) is 1.60. The van der Waals surface area contributed by atoms with Crippen molar-refractivity contribution in [2.45, 2.75) is 25.8 Å². The van der Waals surface area contributed by atoms with Gasteiger partial charge >= 0.3 is 0 Å². The molecule has 1 aromatic rings. The van der Waals surface area contributed by atoms with Gasteiger partial charge in [0.1, 0.15) is 5.75 Å². The van der Waals surface area contributed by atoms with Gasteiger partial charge in [-0.05, 0) is 45.6 Å². The SMILES string of the molecule is Cc1cccc(OCCC(C)(CN)N(C)C)c1. The lowest BCUT2D eigenvalue weighted by molar-refractivity contribution is 0.139. The second kappa shape index (κ2) is 6.03. The predicted molar refractivity (Wildman–Crippen MR) is 72.4 cm³/mol. The molecule has 96 valence electrons. The largest absolute Gasteiger partial charge is 0.494 e. The third kappa shape index (κ3) is 4.02. The molecule has 3 nitrogen and oxygen atoms in total. The van der Waals surface area contributed by atoms with E-state index in [9.17, 15) is 0 Å². The Hall–Kier alpha value is -1.06. The molecule has 0 fully saturated rings. The lowest BCUT2D eigenvalue weighted by atomic mass is 9.97. The molecule has 0 aliphatic rings. The first kappa shape index (κ1) is 14.0. The van der Waals surface area contributed by atoms with Gasteiger partial charge in [-0.25, -0.2) is 0 Å². The number of ether oxygens (including phenoxy) is 1. The van der Waals surface area contributed by atoms with Gasteiger partial charge in [-0.15, -0.1) is 0 Å². The Morgan fingerprint density at radius 3 is 2.59 bits per heavy atom. The van der Waals surface area contributed by atoms with Gasteiger partial charge < -0.3 is 15.4 Å². The van der Waals surface area contributed by atoms with E-state index < -0.39 is 0 Å². The van der Waals surface area contributed by atoms with Crippen LogP contribution in [0, 0.1) is 6.92 Å². The van der Waals surface area contributed by atoms with Gasteiger partial charge in [-0.3, -0.25) is 0 Å². The molecule has 0 saturated carbocycles. The van der Waals surface area contributed by atoms with Crippen LogP contribution in [-0.2, 0) is 0 Å². The number of nitrogens with two attached hydrogens (primary N) is 1. The maximum absolute atomic E-state index is 5.81. The minimum Gasteiger partial charge on any atom is -0.494 e. The van der Waals surface area contributed by atoms with E-state index in [4.69, 9.17) is 10.5 Å². The Morgan fingerprint density at radius 2 is 2.06 bits per heavy atom. The second-order valence-electron chi connectivity index (χ2n) is 5.01. The van der Waals surface area contributed by atoms with Gasteiger partial charge in [0, 0.05) is 18.5 Å². The van der Waals surface area contributed by atoms with Crippen molar-refractivity contribution in [1.82, 2.24) is 4.90 Å². The van der Waals surface area contributed by atoms with Crippen molar-refractivity contribution in [2.24, 2.45) is 5.73 Å². The molecule has 0 radical (unpaired) electrons. The molecular formula is C14H24N2O. The van der Waals surface area contributed by atoms with E-state index in [1.807, 2.05) is 12.1 Å². The standard InChI is InChI=1S/C14H24N2O/c1-12-6-5-7-13(10-12)17-9-8-14(2,11-15)16(3)4/h5-7,10H,8-9,11,15H2,1-4H3. The zero-order valence-corrected chi connectivity index (χ0v) is 11.4. The van der Waals surface area contributed by atoms with Crippen LogP contribution in [0.15, 0.2) is 24.3 Å². The van der Waals surface area contributed by atoms with Crippen LogP contribution in [0.25, 0.3) is 0 Å². The number of hydrogen-bond donors (Lipinski definition) is 1. The van der Waals surface area contributed by atoms with Crippen LogP contribution in [0.1, 0.15) is 18.9 Å². The van der Waals surface area contributed by atoms with Gasteiger partial charge in [0.25, 0.3) is 0 Å². The topological polar surface area (TPSA) is 38.5 Å². The molecule has 3 heteroatoms. The number of benzene rings is 1. The number of likely N-dealkylation sites (N-methyl/N-ethyl adjacent to an activating group) is 1. The average Bonchev–Trinajstić information content (AvgIpc) is 2.28. The summed E-state index contributed by atoms with van der Waals surface area (Å²) in [6.07, 6.45) is 0.921. The summed E-state index contributed by atoms with van der Waals surface area (Å²) in [4.78, 5) is 2.16. The predicted octanol–water partition coefficient (Wildman–Crippen LogP) is 2.04. The quantitative estimate of drug-likeness (QED) is 0.821.